The molecule has 1 aromatic carbocycles. The highest BCUT2D eigenvalue weighted by Crippen LogP contribution is 2.20. The van der Waals surface area contributed by atoms with Crippen LogP contribution < -0.4 is 10.2 Å². The maximum atomic E-state index is 12.9. The topological polar surface area (TPSA) is 58.1 Å². The first-order valence-electron chi connectivity index (χ1n) is 8.23. The first-order chi connectivity index (χ1) is 11.6. The van der Waals surface area contributed by atoms with E-state index in [1.807, 2.05) is 6.07 Å². The predicted octanol–water partition coefficient (Wildman–Crippen LogP) is 2.78. The molecule has 1 atom stereocenters. The summed E-state index contributed by atoms with van der Waals surface area (Å²) >= 11 is 0. The first kappa shape index (κ1) is 16.4. The van der Waals surface area contributed by atoms with Crippen LogP contribution in [-0.4, -0.2) is 29.2 Å². The van der Waals surface area contributed by atoms with E-state index >= 15 is 0 Å². The number of anilines is 1. The van der Waals surface area contributed by atoms with Crippen LogP contribution in [0.15, 0.2) is 36.4 Å². The van der Waals surface area contributed by atoms with E-state index in [9.17, 15) is 9.18 Å². The molecule has 5 nitrogen and oxygen atoms in total. The second-order valence-corrected chi connectivity index (χ2v) is 6.28. The van der Waals surface area contributed by atoms with E-state index < -0.39 is 0 Å². The first-order valence-corrected chi connectivity index (χ1v) is 8.23. The average molecular weight is 328 g/mol. The second kappa shape index (κ2) is 7.38. The maximum Gasteiger partial charge on any atom is 0.272 e. The molecule has 1 fully saturated rings. The van der Waals surface area contributed by atoms with Crippen LogP contribution in [0.5, 0.6) is 0 Å². The normalized spacial score (nSPS) is 17.6. The number of rotatable bonds is 4. The molecule has 24 heavy (non-hydrogen) atoms. The lowest BCUT2D eigenvalue weighted by molar-refractivity contribution is 0.0945. The molecule has 2 heterocycles. The molecule has 1 aromatic heterocycles. The molecule has 0 aliphatic carbocycles. The van der Waals surface area contributed by atoms with Crippen molar-refractivity contribution in [3.8, 4) is 0 Å². The van der Waals surface area contributed by atoms with E-state index in [0.717, 1.165) is 30.9 Å². The average Bonchev–Trinajstić information content (AvgIpc) is 2.61. The molecule has 0 saturated carbocycles. The number of hydrogen-bond acceptors (Lipinski definition) is 4. The zero-order valence-corrected chi connectivity index (χ0v) is 13.7. The molecule has 6 heteroatoms. The third-order valence-corrected chi connectivity index (χ3v) is 4.23. The highest BCUT2D eigenvalue weighted by Gasteiger charge is 2.18. The van der Waals surface area contributed by atoms with Crippen LogP contribution in [0.3, 0.4) is 0 Å². The zero-order valence-electron chi connectivity index (χ0n) is 13.7. The minimum absolute atomic E-state index is 0.283. The number of halogens is 1. The minimum atomic E-state index is -0.293. The smallest absolute Gasteiger partial charge is 0.272 e. The molecule has 126 valence electrons. The molecule has 0 radical (unpaired) electrons. The summed E-state index contributed by atoms with van der Waals surface area (Å²) in [6, 6.07) is 9.56. The molecular weight excluding hydrogens is 307 g/mol. The van der Waals surface area contributed by atoms with Gasteiger partial charge in [-0.25, -0.2) is 4.39 Å². The number of piperidine rings is 1. The van der Waals surface area contributed by atoms with Crippen LogP contribution >= 0.6 is 0 Å². The van der Waals surface area contributed by atoms with Crippen LogP contribution in [0.4, 0.5) is 10.2 Å². The SMILES string of the molecule is CC1CCCN(c2ccc(C(=O)NCc3ccc(F)cc3)nn2)C1. The Morgan fingerprint density at radius 1 is 1.25 bits per heavy atom. The van der Waals surface area contributed by atoms with Crippen molar-refractivity contribution in [2.75, 3.05) is 18.0 Å². The van der Waals surface area contributed by atoms with Crippen LogP contribution in [0, 0.1) is 11.7 Å². The molecular formula is C18H21FN4O. The van der Waals surface area contributed by atoms with Crippen molar-refractivity contribution < 1.29 is 9.18 Å². The Morgan fingerprint density at radius 2 is 2.04 bits per heavy atom. The van der Waals surface area contributed by atoms with Gasteiger partial charge in [0.2, 0.25) is 0 Å². The van der Waals surface area contributed by atoms with Gasteiger partial charge < -0.3 is 10.2 Å². The third-order valence-electron chi connectivity index (χ3n) is 4.23. The largest absolute Gasteiger partial charge is 0.355 e. The molecule has 0 bridgehead atoms. The highest BCUT2D eigenvalue weighted by molar-refractivity contribution is 5.92. The number of carbonyl (C=O) groups excluding carboxylic acids is 1. The lowest BCUT2D eigenvalue weighted by atomic mass is 10.0. The van der Waals surface area contributed by atoms with E-state index in [1.54, 1.807) is 18.2 Å². The van der Waals surface area contributed by atoms with Crippen molar-refractivity contribution in [3.63, 3.8) is 0 Å². The fourth-order valence-corrected chi connectivity index (χ4v) is 2.89. The molecule has 3 rings (SSSR count). The Bertz CT molecular complexity index is 687. The van der Waals surface area contributed by atoms with Crippen molar-refractivity contribution in [2.45, 2.75) is 26.3 Å². The van der Waals surface area contributed by atoms with Gasteiger partial charge in [-0.3, -0.25) is 4.79 Å². The van der Waals surface area contributed by atoms with Crippen LogP contribution in [-0.2, 0) is 6.54 Å². The van der Waals surface area contributed by atoms with E-state index in [0.29, 0.717) is 12.5 Å². The summed E-state index contributed by atoms with van der Waals surface area (Å²) < 4.78 is 12.9. The third kappa shape index (κ3) is 4.07. The summed E-state index contributed by atoms with van der Waals surface area (Å²) in [5.74, 6) is 0.889. The molecule has 1 amide bonds. The Hall–Kier alpha value is -2.50. The Labute approximate surface area is 140 Å². The van der Waals surface area contributed by atoms with Gasteiger partial charge in [0.15, 0.2) is 11.5 Å². The van der Waals surface area contributed by atoms with Gasteiger partial charge in [0.1, 0.15) is 5.82 Å². The van der Waals surface area contributed by atoms with E-state index in [2.05, 4.69) is 27.3 Å². The number of carbonyl (C=O) groups is 1. The van der Waals surface area contributed by atoms with Gasteiger partial charge in [-0.05, 0) is 48.6 Å². The number of nitrogens with one attached hydrogen (secondary N) is 1. The van der Waals surface area contributed by atoms with Gasteiger partial charge in [0, 0.05) is 19.6 Å². The number of amides is 1. The predicted molar refractivity (Wildman–Crippen MR) is 90.2 cm³/mol. The van der Waals surface area contributed by atoms with Crippen molar-refractivity contribution in [3.05, 3.63) is 53.5 Å². The molecule has 0 spiro atoms. The lowest BCUT2D eigenvalue weighted by Gasteiger charge is -2.31. The van der Waals surface area contributed by atoms with Crippen molar-refractivity contribution in [1.82, 2.24) is 15.5 Å². The summed E-state index contributed by atoms with van der Waals surface area (Å²) in [7, 11) is 0. The number of nitrogens with zero attached hydrogens (tertiary/aromatic N) is 3. The lowest BCUT2D eigenvalue weighted by Crippen LogP contribution is -2.35. The van der Waals surface area contributed by atoms with Crippen molar-refractivity contribution in [1.29, 1.82) is 0 Å². The van der Waals surface area contributed by atoms with E-state index in [-0.39, 0.29) is 17.4 Å². The fraction of sp³-hybridized carbons (Fsp3) is 0.389. The van der Waals surface area contributed by atoms with Crippen LogP contribution in [0.2, 0.25) is 0 Å². The highest BCUT2D eigenvalue weighted by atomic mass is 19.1. The fourth-order valence-electron chi connectivity index (χ4n) is 2.89. The van der Waals surface area contributed by atoms with Crippen LogP contribution in [0.1, 0.15) is 35.8 Å². The number of hydrogen-bond donors (Lipinski definition) is 1. The summed E-state index contributed by atoms with van der Waals surface area (Å²) in [4.78, 5) is 14.3. The minimum Gasteiger partial charge on any atom is -0.355 e. The maximum absolute atomic E-state index is 12.9. The Balaban J connectivity index is 1.58. The molecule has 1 aliphatic heterocycles. The van der Waals surface area contributed by atoms with Gasteiger partial charge in [0.25, 0.3) is 5.91 Å². The van der Waals surface area contributed by atoms with Gasteiger partial charge in [-0.15, -0.1) is 10.2 Å². The van der Waals surface area contributed by atoms with E-state index in [1.165, 1.54) is 18.6 Å². The molecule has 1 N–H and O–H groups in total. The van der Waals surface area contributed by atoms with E-state index in [4.69, 9.17) is 0 Å². The summed E-state index contributed by atoms with van der Waals surface area (Å²) in [5.41, 5.74) is 1.11. The van der Waals surface area contributed by atoms with Crippen molar-refractivity contribution in [2.24, 2.45) is 5.92 Å². The number of benzene rings is 1. The summed E-state index contributed by atoms with van der Waals surface area (Å²) in [6.45, 7) is 4.52. The van der Waals surface area contributed by atoms with Gasteiger partial charge >= 0.3 is 0 Å². The summed E-state index contributed by atoms with van der Waals surface area (Å²) in [5, 5.41) is 11.0. The standard InChI is InChI=1S/C18H21FN4O/c1-13-3-2-10-23(12-13)17-9-8-16(21-22-17)18(24)20-11-14-4-6-15(19)7-5-14/h4-9,13H,2-3,10-12H2,1H3,(H,20,24). The van der Waals surface area contributed by atoms with Gasteiger partial charge in [-0.1, -0.05) is 19.1 Å². The monoisotopic (exact) mass is 328 g/mol. The quantitative estimate of drug-likeness (QED) is 0.937. The van der Waals surface area contributed by atoms with Crippen LogP contribution in [0.25, 0.3) is 0 Å². The zero-order chi connectivity index (χ0) is 16.9. The van der Waals surface area contributed by atoms with Crippen molar-refractivity contribution >= 4 is 11.7 Å². The second-order valence-electron chi connectivity index (χ2n) is 6.28. The number of aromatic nitrogens is 2. The summed E-state index contributed by atoms with van der Waals surface area (Å²) in [6.07, 6.45) is 2.40. The van der Waals surface area contributed by atoms with Gasteiger partial charge in [0.05, 0.1) is 0 Å². The van der Waals surface area contributed by atoms with Gasteiger partial charge in [-0.2, -0.15) is 0 Å². The Morgan fingerprint density at radius 3 is 2.71 bits per heavy atom. The Kier molecular flexibility index (Phi) is 5.03. The molecule has 2 aromatic rings. The molecule has 1 saturated heterocycles. The molecule has 1 aliphatic rings. The molecule has 1 unspecified atom stereocenters.